The molecule has 8 nitrogen and oxygen atoms in total. The van der Waals surface area contributed by atoms with Crippen molar-refractivity contribution in [2.45, 2.75) is 38.6 Å². The van der Waals surface area contributed by atoms with E-state index in [1.165, 1.54) is 0 Å². The van der Waals surface area contributed by atoms with Crippen LogP contribution in [0.15, 0.2) is 4.52 Å². The Kier molecular flexibility index (Phi) is 5.40. The Morgan fingerprint density at radius 1 is 1.08 bits per heavy atom. The summed E-state index contributed by atoms with van der Waals surface area (Å²) in [5.41, 5.74) is 0. The molecule has 3 fully saturated rings. The molecule has 3 aliphatic rings. The van der Waals surface area contributed by atoms with Crippen molar-refractivity contribution in [3.05, 3.63) is 5.89 Å². The minimum absolute atomic E-state index is 0.153. The maximum Gasteiger partial charge on any atom is 0.266 e. The Labute approximate surface area is 154 Å². The molecule has 1 atom stereocenters. The third-order valence-corrected chi connectivity index (χ3v) is 5.91. The minimum Gasteiger partial charge on any atom is -0.378 e. The first-order valence-electron chi connectivity index (χ1n) is 9.86. The summed E-state index contributed by atoms with van der Waals surface area (Å²) < 4.78 is 10.5. The van der Waals surface area contributed by atoms with E-state index in [-0.39, 0.29) is 5.92 Å². The summed E-state index contributed by atoms with van der Waals surface area (Å²) in [6, 6.07) is 0.555. The van der Waals surface area contributed by atoms with Crippen LogP contribution in [-0.2, 0) is 9.53 Å². The number of likely N-dealkylation sites (tertiary alicyclic amines) is 1. The Balaban J connectivity index is 1.30. The molecule has 4 rings (SSSR count). The fraction of sp³-hybridized carbons (Fsp3) is 0.833. The summed E-state index contributed by atoms with van der Waals surface area (Å²) >= 11 is 0. The van der Waals surface area contributed by atoms with E-state index in [9.17, 15) is 4.79 Å². The first-order valence-corrected chi connectivity index (χ1v) is 9.86. The molecule has 1 unspecified atom stereocenters. The molecule has 3 aliphatic heterocycles. The summed E-state index contributed by atoms with van der Waals surface area (Å²) in [5.74, 6) is 1.81. The predicted octanol–water partition coefficient (Wildman–Crippen LogP) is 0.918. The fourth-order valence-corrected chi connectivity index (χ4v) is 4.43. The summed E-state index contributed by atoms with van der Waals surface area (Å²) in [5, 5.41) is 4.03. The number of carbonyl (C=O) groups is 1. The first kappa shape index (κ1) is 17.7. The Hall–Kier alpha value is -1.67. The summed E-state index contributed by atoms with van der Waals surface area (Å²) in [6.45, 7) is 8.58. The molecule has 0 aliphatic carbocycles. The summed E-state index contributed by atoms with van der Waals surface area (Å²) in [6.07, 6.45) is 4.32. The molecule has 1 aromatic heterocycles. The largest absolute Gasteiger partial charge is 0.378 e. The average molecular weight is 363 g/mol. The molecule has 0 N–H and O–H groups in total. The van der Waals surface area contributed by atoms with Gasteiger partial charge in [0.15, 0.2) is 0 Å². The molecule has 3 saturated heterocycles. The lowest BCUT2D eigenvalue weighted by atomic mass is 9.92. The molecular formula is C18H29N5O3. The highest BCUT2D eigenvalue weighted by atomic mass is 16.5. The van der Waals surface area contributed by atoms with E-state index in [1.807, 2.05) is 11.8 Å². The van der Waals surface area contributed by atoms with Crippen molar-refractivity contribution in [1.82, 2.24) is 19.9 Å². The van der Waals surface area contributed by atoms with E-state index < -0.39 is 0 Å². The highest BCUT2D eigenvalue weighted by molar-refractivity contribution is 5.79. The van der Waals surface area contributed by atoms with E-state index in [1.54, 1.807) is 0 Å². The zero-order valence-electron chi connectivity index (χ0n) is 15.6. The number of ether oxygens (including phenoxy) is 1. The zero-order chi connectivity index (χ0) is 17.9. The van der Waals surface area contributed by atoms with Crippen LogP contribution >= 0.6 is 0 Å². The van der Waals surface area contributed by atoms with E-state index in [0.717, 1.165) is 65.0 Å². The van der Waals surface area contributed by atoms with E-state index in [4.69, 9.17) is 9.26 Å². The van der Waals surface area contributed by atoms with Crippen molar-refractivity contribution in [2.24, 2.45) is 5.92 Å². The molecule has 1 amide bonds. The van der Waals surface area contributed by atoms with Crippen molar-refractivity contribution in [3.63, 3.8) is 0 Å². The second-order valence-corrected chi connectivity index (χ2v) is 7.60. The highest BCUT2D eigenvalue weighted by Gasteiger charge is 2.34. The van der Waals surface area contributed by atoms with Crippen molar-refractivity contribution >= 4 is 11.9 Å². The van der Waals surface area contributed by atoms with Gasteiger partial charge in [0.05, 0.1) is 19.1 Å². The summed E-state index contributed by atoms with van der Waals surface area (Å²) in [4.78, 5) is 23.9. The van der Waals surface area contributed by atoms with Gasteiger partial charge in [0.1, 0.15) is 0 Å². The average Bonchev–Trinajstić information content (AvgIpc) is 3.15. The highest BCUT2D eigenvalue weighted by Crippen LogP contribution is 2.26. The van der Waals surface area contributed by atoms with Crippen LogP contribution < -0.4 is 4.90 Å². The maximum atomic E-state index is 12.8. The lowest BCUT2D eigenvalue weighted by Crippen LogP contribution is -2.52. The number of carbonyl (C=O) groups excluding carboxylic acids is 1. The predicted molar refractivity (Wildman–Crippen MR) is 96.0 cm³/mol. The molecule has 1 aromatic rings. The van der Waals surface area contributed by atoms with Crippen LogP contribution in [0.1, 0.15) is 31.6 Å². The van der Waals surface area contributed by atoms with Gasteiger partial charge in [-0.2, -0.15) is 4.98 Å². The molecule has 26 heavy (non-hydrogen) atoms. The topological polar surface area (TPSA) is 74.9 Å². The van der Waals surface area contributed by atoms with E-state index in [2.05, 4.69) is 19.9 Å². The Morgan fingerprint density at radius 3 is 2.54 bits per heavy atom. The van der Waals surface area contributed by atoms with Gasteiger partial charge in [-0.1, -0.05) is 0 Å². The van der Waals surface area contributed by atoms with Gasteiger partial charge in [-0.05, 0) is 37.4 Å². The smallest absolute Gasteiger partial charge is 0.266 e. The van der Waals surface area contributed by atoms with Gasteiger partial charge in [-0.3, -0.25) is 9.69 Å². The van der Waals surface area contributed by atoms with Crippen LogP contribution in [0.25, 0.3) is 0 Å². The minimum atomic E-state index is 0.153. The molecule has 0 aromatic carbocycles. The number of morpholine rings is 1. The molecule has 0 radical (unpaired) electrons. The van der Waals surface area contributed by atoms with Gasteiger partial charge in [0, 0.05) is 45.7 Å². The molecule has 0 spiro atoms. The normalized spacial score (nSPS) is 26.3. The van der Waals surface area contributed by atoms with Crippen LogP contribution in [0.4, 0.5) is 5.95 Å². The molecule has 4 heterocycles. The fourth-order valence-electron chi connectivity index (χ4n) is 4.43. The second kappa shape index (κ2) is 7.92. The van der Waals surface area contributed by atoms with Crippen LogP contribution in [0, 0.1) is 12.8 Å². The SMILES string of the molecule is Cc1nc(N2CCC(N3CCCC(C(=O)N4CCOCC4)C3)CC2)no1. The maximum absolute atomic E-state index is 12.8. The van der Waals surface area contributed by atoms with Gasteiger partial charge in [0.2, 0.25) is 11.8 Å². The molecule has 0 bridgehead atoms. The molecular weight excluding hydrogens is 334 g/mol. The van der Waals surface area contributed by atoms with Crippen LogP contribution in [0.5, 0.6) is 0 Å². The number of amides is 1. The number of rotatable bonds is 3. The number of aromatic nitrogens is 2. The van der Waals surface area contributed by atoms with Crippen molar-refractivity contribution in [1.29, 1.82) is 0 Å². The standard InChI is InChI=1S/C18H29N5O3/c1-14-19-18(20-26-14)22-7-4-16(5-8-22)23-6-2-3-15(13-23)17(24)21-9-11-25-12-10-21/h15-16H,2-13H2,1H3. The van der Waals surface area contributed by atoms with Crippen molar-refractivity contribution in [2.75, 3.05) is 57.4 Å². The number of hydrogen-bond donors (Lipinski definition) is 0. The number of hydrogen-bond acceptors (Lipinski definition) is 7. The van der Waals surface area contributed by atoms with Gasteiger partial charge in [0.25, 0.3) is 5.95 Å². The van der Waals surface area contributed by atoms with Gasteiger partial charge in [-0.15, -0.1) is 0 Å². The molecule has 0 saturated carbocycles. The van der Waals surface area contributed by atoms with E-state index >= 15 is 0 Å². The molecule has 8 heteroatoms. The van der Waals surface area contributed by atoms with E-state index in [0.29, 0.717) is 37.0 Å². The quantitative estimate of drug-likeness (QED) is 0.790. The van der Waals surface area contributed by atoms with Gasteiger partial charge >= 0.3 is 0 Å². The number of piperidine rings is 2. The van der Waals surface area contributed by atoms with Gasteiger partial charge < -0.3 is 19.1 Å². The molecule has 144 valence electrons. The van der Waals surface area contributed by atoms with Crippen molar-refractivity contribution in [3.8, 4) is 0 Å². The number of anilines is 1. The first-order chi connectivity index (χ1) is 12.7. The summed E-state index contributed by atoms with van der Waals surface area (Å²) in [7, 11) is 0. The lowest BCUT2D eigenvalue weighted by Gasteiger charge is -2.42. The van der Waals surface area contributed by atoms with Crippen LogP contribution in [0.2, 0.25) is 0 Å². The number of nitrogens with zero attached hydrogens (tertiary/aromatic N) is 5. The Morgan fingerprint density at radius 2 is 1.85 bits per heavy atom. The van der Waals surface area contributed by atoms with Crippen molar-refractivity contribution < 1.29 is 14.1 Å². The zero-order valence-corrected chi connectivity index (χ0v) is 15.6. The monoisotopic (exact) mass is 363 g/mol. The Bertz CT molecular complexity index is 608. The second-order valence-electron chi connectivity index (χ2n) is 7.60. The lowest BCUT2D eigenvalue weighted by molar-refractivity contribution is -0.141. The third kappa shape index (κ3) is 3.86. The van der Waals surface area contributed by atoms with Gasteiger partial charge in [-0.25, -0.2) is 0 Å². The van der Waals surface area contributed by atoms with Crippen LogP contribution in [-0.4, -0.2) is 84.4 Å². The number of aryl methyl sites for hydroxylation is 1. The van der Waals surface area contributed by atoms with Crippen LogP contribution in [0.3, 0.4) is 0 Å². The third-order valence-electron chi connectivity index (χ3n) is 5.91.